The van der Waals surface area contributed by atoms with Gasteiger partial charge in [-0.3, -0.25) is 9.59 Å². The summed E-state index contributed by atoms with van der Waals surface area (Å²) in [5.74, 6) is -2.36. The second-order valence-electron chi connectivity index (χ2n) is 4.67. The molecule has 0 saturated carbocycles. The molecule has 2 aromatic carbocycles. The molecule has 0 aliphatic carbocycles. The van der Waals surface area contributed by atoms with Crippen LogP contribution in [-0.2, 0) is 9.59 Å². The van der Waals surface area contributed by atoms with Gasteiger partial charge in [0.2, 0.25) is 0 Å². The molecule has 0 unspecified atom stereocenters. The van der Waals surface area contributed by atoms with Gasteiger partial charge in [0.25, 0.3) is 0 Å². The quantitative estimate of drug-likeness (QED) is 0.630. The zero-order valence-electron chi connectivity index (χ0n) is 11.6. The number of rotatable bonds is 2. The van der Waals surface area contributed by atoms with E-state index in [1.807, 2.05) is 0 Å². The van der Waals surface area contributed by atoms with Gasteiger partial charge in [-0.2, -0.15) is 0 Å². The Morgan fingerprint density at radius 3 is 2.39 bits per heavy atom. The standard InChI is InChI=1S/C15H10ClFN4O2/c16-10-5-8(1-3-11(10)17)20-14(22)15(23)21-9-2-4-12-13(6-9)19-7-18-12/h1-7H,(H,18,19)(H,20,22)(H,21,23). The highest BCUT2D eigenvalue weighted by Crippen LogP contribution is 2.19. The number of anilines is 2. The van der Waals surface area contributed by atoms with Crippen molar-refractivity contribution in [3.05, 3.63) is 53.6 Å². The van der Waals surface area contributed by atoms with Crippen LogP contribution in [0.1, 0.15) is 0 Å². The van der Waals surface area contributed by atoms with Gasteiger partial charge in [0.1, 0.15) is 5.82 Å². The number of carbonyl (C=O) groups excluding carboxylic acids is 2. The van der Waals surface area contributed by atoms with Crippen molar-refractivity contribution in [2.24, 2.45) is 0 Å². The highest BCUT2D eigenvalue weighted by atomic mass is 35.5. The predicted molar refractivity (Wildman–Crippen MR) is 84.8 cm³/mol. The summed E-state index contributed by atoms with van der Waals surface area (Å²) < 4.78 is 13.1. The lowest BCUT2D eigenvalue weighted by Gasteiger charge is -2.07. The maximum atomic E-state index is 13.1. The van der Waals surface area contributed by atoms with Crippen LogP contribution in [0.3, 0.4) is 0 Å². The average molecular weight is 333 g/mol. The summed E-state index contributed by atoms with van der Waals surface area (Å²) in [6.07, 6.45) is 1.53. The molecule has 0 fully saturated rings. The topological polar surface area (TPSA) is 86.9 Å². The smallest absolute Gasteiger partial charge is 0.314 e. The SMILES string of the molecule is O=C(Nc1ccc(F)c(Cl)c1)C(=O)Nc1ccc2nc[nH]c2c1. The third kappa shape index (κ3) is 3.29. The summed E-state index contributed by atoms with van der Waals surface area (Å²) in [7, 11) is 0. The molecule has 0 radical (unpaired) electrons. The zero-order valence-corrected chi connectivity index (χ0v) is 12.3. The number of aromatic nitrogens is 2. The fourth-order valence-corrected chi connectivity index (χ4v) is 2.14. The lowest BCUT2D eigenvalue weighted by atomic mass is 10.2. The minimum Gasteiger partial charge on any atom is -0.345 e. The minimum absolute atomic E-state index is 0.145. The molecule has 1 aromatic heterocycles. The van der Waals surface area contributed by atoms with Crippen LogP contribution >= 0.6 is 11.6 Å². The normalized spacial score (nSPS) is 10.5. The molecule has 0 bridgehead atoms. The Labute approximate surface area is 134 Å². The van der Waals surface area contributed by atoms with Gasteiger partial charge in [-0.25, -0.2) is 9.37 Å². The number of nitrogens with zero attached hydrogens (tertiary/aromatic N) is 1. The molecule has 116 valence electrons. The summed E-state index contributed by atoms with van der Waals surface area (Å²) >= 11 is 5.62. The van der Waals surface area contributed by atoms with E-state index in [2.05, 4.69) is 20.6 Å². The van der Waals surface area contributed by atoms with E-state index in [-0.39, 0.29) is 10.7 Å². The maximum Gasteiger partial charge on any atom is 0.314 e. The highest BCUT2D eigenvalue weighted by Gasteiger charge is 2.15. The van der Waals surface area contributed by atoms with Gasteiger partial charge in [-0.05, 0) is 36.4 Å². The summed E-state index contributed by atoms with van der Waals surface area (Å²) in [6, 6.07) is 8.62. The van der Waals surface area contributed by atoms with E-state index in [1.54, 1.807) is 18.2 Å². The van der Waals surface area contributed by atoms with Crippen molar-refractivity contribution < 1.29 is 14.0 Å². The van der Waals surface area contributed by atoms with Crippen LogP contribution in [0.15, 0.2) is 42.7 Å². The van der Waals surface area contributed by atoms with Gasteiger partial charge < -0.3 is 15.6 Å². The van der Waals surface area contributed by atoms with E-state index in [1.165, 1.54) is 18.5 Å². The molecule has 0 aliphatic heterocycles. The number of carbonyl (C=O) groups is 2. The van der Waals surface area contributed by atoms with Crippen LogP contribution in [-0.4, -0.2) is 21.8 Å². The van der Waals surface area contributed by atoms with Gasteiger partial charge in [0.15, 0.2) is 0 Å². The number of halogens is 2. The Morgan fingerprint density at radius 2 is 1.70 bits per heavy atom. The fraction of sp³-hybridized carbons (Fsp3) is 0. The van der Waals surface area contributed by atoms with E-state index >= 15 is 0 Å². The molecule has 0 aliphatic rings. The third-order valence-electron chi connectivity index (χ3n) is 3.06. The number of hydrogen-bond acceptors (Lipinski definition) is 3. The molecule has 8 heteroatoms. The van der Waals surface area contributed by atoms with Crippen LogP contribution in [0.2, 0.25) is 5.02 Å². The van der Waals surface area contributed by atoms with E-state index in [0.29, 0.717) is 5.69 Å². The molecule has 0 spiro atoms. The van der Waals surface area contributed by atoms with Crippen molar-refractivity contribution in [2.75, 3.05) is 10.6 Å². The Hall–Kier alpha value is -2.93. The lowest BCUT2D eigenvalue weighted by Crippen LogP contribution is -2.29. The molecule has 3 N–H and O–H groups in total. The molecule has 23 heavy (non-hydrogen) atoms. The number of hydrogen-bond donors (Lipinski definition) is 3. The monoisotopic (exact) mass is 332 g/mol. The minimum atomic E-state index is -0.891. The molecule has 0 saturated heterocycles. The predicted octanol–water partition coefficient (Wildman–Crippen LogP) is 2.93. The van der Waals surface area contributed by atoms with Crippen LogP contribution in [0.4, 0.5) is 15.8 Å². The molecule has 0 atom stereocenters. The summed E-state index contributed by atoms with van der Waals surface area (Å²) in [5.41, 5.74) is 2.14. The summed E-state index contributed by atoms with van der Waals surface area (Å²) in [4.78, 5) is 30.7. The lowest BCUT2D eigenvalue weighted by molar-refractivity contribution is -0.132. The molecule has 2 amide bonds. The first-order valence-electron chi connectivity index (χ1n) is 6.53. The first-order chi connectivity index (χ1) is 11.0. The van der Waals surface area contributed by atoms with Gasteiger partial charge in [0.05, 0.1) is 22.4 Å². The van der Waals surface area contributed by atoms with Crippen molar-refractivity contribution in [2.45, 2.75) is 0 Å². The van der Waals surface area contributed by atoms with Crippen LogP contribution in [0.5, 0.6) is 0 Å². The number of amides is 2. The molecular formula is C15H10ClFN4O2. The molecule has 1 heterocycles. The maximum absolute atomic E-state index is 13.1. The second kappa shape index (κ2) is 6.05. The van der Waals surface area contributed by atoms with Crippen molar-refractivity contribution in [1.82, 2.24) is 9.97 Å². The number of fused-ring (bicyclic) bond motifs is 1. The Kier molecular flexibility index (Phi) is 3.94. The third-order valence-corrected chi connectivity index (χ3v) is 3.35. The number of nitrogens with one attached hydrogen (secondary N) is 3. The van der Waals surface area contributed by atoms with E-state index in [9.17, 15) is 14.0 Å². The summed E-state index contributed by atoms with van der Waals surface area (Å²) in [5, 5.41) is 4.66. The number of imidazole rings is 1. The number of benzene rings is 2. The second-order valence-corrected chi connectivity index (χ2v) is 5.08. The fourth-order valence-electron chi connectivity index (χ4n) is 1.96. The first-order valence-corrected chi connectivity index (χ1v) is 6.91. The van der Waals surface area contributed by atoms with Crippen molar-refractivity contribution in [3.63, 3.8) is 0 Å². The van der Waals surface area contributed by atoms with E-state index in [0.717, 1.165) is 17.1 Å². The Bertz CT molecular complexity index is 909. The van der Waals surface area contributed by atoms with E-state index < -0.39 is 17.6 Å². The van der Waals surface area contributed by atoms with Gasteiger partial charge in [-0.15, -0.1) is 0 Å². The molecule has 6 nitrogen and oxygen atoms in total. The van der Waals surface area contributed by atoms with Crippen LogP contribution in [0, 0.1) is 5.82 Å². The van der Waals surface area contributed by atoms with Gasteiger partial charge in [0, 0.05) is 11.4 Å². The van der Waals surface area contributed by atoms with Crippen molar-refractivity contribution in [1.29, 1.82) is 0 Å². The van der Waals surface area contributed by atoms with Crippen molar-refractivity contribution in [3.8, 4) is 0 Å². The number of aromatic amines is 1. The number of H-pyrrole nitrogens is 1. The largest absolute Gasteiger partial charge is 0.345 e. The highest BCUT2D eigenvalue weighted by molar-refractivity contribution is 6.43. The van der Waals surface area contributed by atoms with Crippen LogP contribution < -0.4 is 10.6 Å². The average Bonchev–Trinajstić information content (AvgIpc) is 2.98. The molecular weight excluding hydrogens is 323 g/mol. The zero-order chi connectivity index (χ0) is 16.4. The van der Waals surface area contributed by atoms with Crippen molar-refractivity contribution >= 4 is 45.8 Å². The van der Waals surface area contributed by atoms with Crippen LogP contribution in [0.25, 0.3) is 11.0 Å². The molecule has 3 rings (SSSR count). The molecule has 3 aromatic rings. The van der Waals surface area contributed by atoms with E-state index in [4.69, 9.17) is 11.6 Å². The Balaban J connectivity index is 1.69. The summed E-state index contributed by atoms with van der Waals surface area (Å²) in [6.45, 7) is 0. The van der Waals surface area contributed by atoms with Gasteiger partial charge >= 0.3 is 11.8 Å². The van der Waals surface area contributed by atoms with Gasteiger partial charge in [-0.1, -0.05) is 11.6 Å². The Morgan fingerprint density at radius 1 is 1.04 bits per heavy atom. The first kappa shape index (κ1) is 15.0.